The van der Waals surface area contributed by atoms with E-state index >= 15 is 0 Å². The fourth-order valence-electron chi connectivity index (χ4n) is 2.47. The van der Waals surface area contributed by atoms with E-state index in [0.29, 0.717) is 17.9 Å². The molecule has 0 saturated carbocycles. The molecule has 0 aromatic heterocycles. The Morgan fingerprint density at radius 1 is 1.11 bits per heavy atom. The van der Waals surface area contributed by atoms with Crippen LogP contribution in [-0.4, -0.2) is 48.3 Å². The van der Waals surface area contributed by atoms with E-state index in [9.17, 15) is 5.11 Å². The second-order valence-corrected chi connectivity index (χ2v) is 5.89. The van der Waals surface area contributed by atoms with E-state index in [1.54, 1.807) is 0 Å². The van der Waals surface area contributed by atoms with Gasteiger partial charge >= 0.3 is 0 Å². The molecule has 5 heteroatoms. The second kappa shape index (κ2) is 5.27. The van der Waals surface area contributed by atoms with Crippen LogP contribution in [0.4, 0.5) is 17.1 Å². The Kier molecular flexibility index (Phi) is 3.87. The van der Waals surface area contributed by atoms with Crippen molar-refractivity contribution < 1.29 is 5.11 Å². The zero-order valence-electron chi connectivity index (χ0n) is 11.8. The average Bonchev–Trinajstić information content (AvgIpc) is 2.32. The predicted molar refractivity (Wildman–Crippen MR) is 80.2 cm³/mol. The molecule has 1 aliphatic rings. The Hall–Kier alpha value is -1.46. The molecule has 0 aliphatic carbocycles. The molecule has 1 aromatic rings. The summed E-state index contributed by atoms with van der Waals surface area (Å²) >= 11 is 0. The minimum absolute atomic E-state index is 0.629. The van der Waals surface area contributed by atoms with Gasteiger partial charge in [0, 0.05) is 38.4 Å². The number of hydrogen-bond donors (Lipinski definition) is 3. The third kappa shape index (κ3) is 3.75. The van der Waals surface area contributed by atoms with Gasteiger partial charge in [0.2, 0.25) is 0 Å². The number of nitrogens with two attached hydrogens (primary N) is 2. The number of nitrogens with zero attached hydrogens (tertiary/aromatic N) is 2. The molecular weight excluding hydrogens is 240 g/mol. The van der Waals surface area contributed by atoms with E-state index in [1.807, 2.05) is 32.0 Å². The number of benzene rings is 1. The monoisotopic (exact) mass is 264 g/mol. The van der Waals surface area contributed by atoms with Crippen molar-refractivity contribution in [2.45, 2.75) is 19.4 Å². The molecule has 0 bridgehead atoms. The van der Waals surface area contributed by atoms with Crippen LogP contribution in [0.2, 0.25) is 0 Å². The van der Waals surface area contributed by atoms with Crippen molar-refractivity contribution >= 4 is 17.1 Å². The molecule has 1 fully saturated rings. The van der Waals surface area contributed by atoms with Crippen LogP contribution in [0.5, 0.6) is 0 Å². The van der Waals surface area contributed by atoms with Gasteiger partial charge in [-0.25, -0.2) is 0 Å². The summed E-state index contributed by atoms with van der Waals surface area (Å²) in [5, 5.41) is 9.83. The first-order valence-electron chi connectivity index (χ1n) is 6.70. The lowest BCUT2D eigenvalue weighted by Crippen LogP contribution is -2.50. The number of rotatable bonds is 3. The molecule has 106 valence electrons. The first-order valence-corrected chi connectivity index (χ1v) is 6.70. The summed E-state index contributed by atoms with van der Waals surface area (Å²) in [6.07, 6.45) is 0. The highest BCUT2D eigenvalue weighted by molar-refractivity contribution is 5.69. The molecule has 0 spiro atoms. The summed E-state index contributed by atoms with van der Waals surface area (Å²) in [5.41, 5.74) is 13.3. The Balaban J connectivity index is 1.94. The zero-order chi connectivity index (χ0) is 14.0. The fraction of sp³-hybridized carbons (Fsp3) is 0.571. The summed E-state index contributed by atoms with van der Waals surface area (Å²) in [7, 11) is 0. The van der Waals surface area contributed by atoms with E-state index in [0.717, 1.165) is 31.9 Å². The summed E-state index contributed by atoms with van der Waals surface area (Å²) in [5.74, 6) is 0. The zero-order valence-corrected chi connectivity index (χ0v) is 11.8. The quantitative estimate of drug-likeness (QED) is 0.702. The fourth-order valence-corrected chi connectivity index (χ4v) is 2.47. The summed E-state index contributed by atoms with van der Waals surface area (Å²) in [6.45, 7) is 8.20. The molecule has 5 N–H and O–H groups in total. The largest absolute Gasteiger partial charge is 0.397 e. The van der Waals surface area contributed by atoms with Crippen LogP contribution >= 0.6 is 0 Å². The molecule has 19 heavy (non-hydrogen) atoms. The van der Waals surface area contributed by atoms with Crippen molar-refractivity contribution in [2.75, 3.05) is 49.1 Å². The molecule has 2 rings (SSSR count). The van der Waals surface area contributed by atoms with Crippen molar-refractivity contribution in [2.24, 2.45) is 0 Å². The smallest absolute Gasteiger partial charge is 0.0718 e. The lowest BCUT2D eigenvalue weighted by molar-refractivity contribution is 0.0345. The van der Waals surface area contributed by atoms with Crippen LogP contribution in [0.25, 0.3) is 0 Å². The maximum Gasteiger partial charge on any atom is 0.0718 e. The minimum Gasteiger partial charge on any atom is -0.397 e. The van der Waals surface area contributed by atoms with Gasteiger partial charge in [-0.3, -0.25) is 4.90 Å². The molecule has 0 atom stereocenters. The van der Waals surface area contributed by atoms with Crippen LogP contribution in [0.3, 0.4) is 0 Å². The molecule has 0 radical (unpaired) electrons. The summed E-state index contributed by atoms with van der Waals surface area (Å²) < 4.78 is 0. The molecule has 1 aliphatic heterocycles. The molecule has 0 unspecified atom stereocenters. The minimum atomic E-state index is -0.631. The van der Waals surface area contributed by atoms with Crippen molar-refractivity contribution in [3.63, 3.8) is 0 Å². The van der Waals surface area contributed by atoms with E-state index in [4.69, 9.17) is 11.5 Å². The molecule has 5 nitrogen and oxygen atoms in total. The highest BCUT2D eigenvalue weighted by atomic mass is 16.3. The SMILES string of the molecule is CC(C)(O)CN1CCN(c2ccc(N)c(N)c2)CC1. The Morgan fingerprint density at radius 3 is 2.26 bits per heavy atom. The van der Waals surface area contributed by atoms with Gasteiger partial charge in [0.1, 0.15) is 0 Å². The van der Waals surface area contributed by atoms with Gasteiger partial charge < -0.3 is 21.5 Å². The maximum atomic E-state index is 9.83. The number of hydrogen-bond acceptors (Lipinski definition) is 5. The van der Waals surface area contributed by atoms with E-state index in [1.165, 1.54) is 0 Å². The topological polar surface area (TPSA) is 78.8 Å². The molecule has 1 saturated heterocycles. The second-order valence-electron chi connectivity index (χ2n) is 5.89. The average molecular weight is 264 g/mol. The van der Waals surface area contributed by atoms with Crippen molar-refractivity contribution in [3.8, 4) is 0 Å². The predicted octanol–water partition coefficient (Wildman–Crippen LogP) is 0.744. The van der Waals surface area contributed by atoms with E-state index < -0.39 is 5.60 Å². The van der Waals surface area contributed by atoms with Gasteiger partial charge in [-0.05, 0) is 32.0 Å². The Bertz CT molecular complexity index is 434. The number of piperazine rings is 1. The number of anilines is 3. The van der Waals surface area contributed by atoms with Crippen LogP contribution in [0.15, 0.2) is 18.2 Å². The third-order valence-corrected chi connectivity index (χ3v) is 3.42. The van der Waals surface area contributed by atoms with Crippen LogP contribution < -0.4 is 16.4 Å². The van der Waals surface area contributed by atoms with Crippen LogP contribution in [0, 0.1) is 0 Å². The van der Waals surface area contributed by atoms with Gasteiger partial charge in [-0.1, -0.05) is 0 Å². The first kappa shape index (κ1) is 14.0. The van der Waals surface area contributed by atoms with Gasteiger partial charge in [-0.15, -0.1) is 0 Å². The van der Waals surface area contributed by atoms with Crippen molar-refractivity contribution in [1.82, 2.24) is 4.90 Å². The van der Waals surface area contributed by atoms with Gasteiger partial charge in [0.25, 0.3) is 0 Å². The highest BCUT2D eigenvalue weighted by Crippen LogP contribution is 2.24. The van der Waals surface area contributed by atoms with Gasteiger partial charge in [-0.2, -0.15) is 0 Å². The van der Waals surface area contributed by atoms with Gasteiger partial charge in [0.15, 0.2) is 0 Å². The molecule has 0 amide bonds. The van der Waals surface area contributed by atoms with E-state index in [2.05, 4.69) is 9.80 Å². The van der Waals surface area contributed by atoms with Gasteiger partial charge in [0.05, 0.1) is 17.0 Å². The number of nitrogen functional groups attached to an aromatic ring is 2. The Morgan fingerprint density at radius 2 is 1.74 bits per heavy atom. The Labute approximate surface area is 114 Å². The van der Waals surface area contributed by atoms with Crippen molar-refractivity contribution in [3.05, 3.63) is 18.2 Å². The van der Waals surface area contributed by atoms with Crippen LogP contribution in [-0.2, 0) is 0 Å². The number of β-amino-alcohol motifs (C(OH)–C–C–N with tert-alkyl or cyclic N) is 1. The summed E-state index contributed by atoms with van der Waals surface area (Å²) in [4.78, 5) is 4.59. The number of aliphatic hydroxyl groups is 1. The first-order chi connectivity index (χ1) is 8.85. The lowest BCUT2D eigenvalue weighted by atomic mass is 10.1. The maximum absolute atomic E-state index is 9.83. The van der Waals surface area contributed by atoms with Crippen molar-refractivity contribution in [1.29, 1.82) is 0 Å². The molecular formula is C14H24N4O. The molecule has 1 aromatic carbocycles. The summed E-state index contributed by atoms with van der Waals surface area (Å²) in [6, 6.07) is 5.80. The highest BCUT2D eigenvalue weighted by Gasteiger charge is 2.22. The standard InChI is InChI=1S/C14H24N4O/c1-14(2,19)10-17-5-7-18(8-6-17)11-3-4-12(15)13(16)9-11/h3-4,9,19H,5-8,10,15-16H2,1-2H3. The normalized spacial score (nSPS) is 17.7. The van der Waals surface area contributed by atoms with E-state index in [-0.39, 0.29) is 0 Å². The van der Waals surface area contributed by atoms with Crippen LogP contribution in [0.1, 0.15) is 13.8 Å². The molecule has 1 heterocycles. The lowest BCUT2D eigenvalue weighted by Gasteiger charge is -2.38. The third-order valence-electron chi connectivity index (χ3n) is 3.42.